The van der Waals surface area contributed by atoms with E-state index in [1.54, 1.807) is 0 Å². The molecule has 0 aliphatic heterocycles. The van der Waals surface area contributed by atoms with Gasteiger partial charge in [-0.1, -0.05) is 0 Å². The molecule has 0 spiro atoms. The van der Waals surface area contributed by atoms with Gasteiger partial charge in [0.25, 0.3) is 0 Å². The van der Waals surface area contributed by atoms with Crippen molar-refractivity contribution in [2.24, 2.45) is 11.7 Å². The van der Waals surface area contributed by atoms with Crippen LogP contribution in [0.25, 0.3) is 0 Å². The molecule has 1 aliphatic carbocycles. The summed E-state index contributed by atoms with van der Waals surface area (Å²) in [6.07, 6.45) is 2.95. The van der Waals surface area contributed by atoms with E-state index >= 15 is 0 Å². The molecule has 0 amide bonds. The summed E-state index contributed by atoms with van der Waals surface area (Å²) >= 11 is 0. The zero-order chi connectivity index (χ0) is 7.56. The first-order chi connectivity index (χ1) is 4.75. The third kappa shape index (κ3) is 1.96. The number of rotatable bonds is 4. The molecule has 10 heavy (non-hydrogen) atoms. The summed E-state index contributed by atoms with van der Waals surface area (Å²) in [6, 6.07) is 0.201. The van der Waals surface area contributed by atoms with E-state index in [1.165, 1.54) is 12.8 Å². The van der Waals surface area contributed by atoms with Gasteiger partial charge in [0.15, 0.2) is 0 Å². The third-order valence-electron chi connectivity index (χ3n) is 1.96. The Bertz CT molecular complexity index is 97.4. The molecule has 2 N–H and O–H groups in total. The highest BCUT2D eigenvalue weighted by Crippen LogP contribution is 2.35. The van der Waals surface area contributed by atoms with Crippen LogP contribution < -0.4 is 5.73 Å². The summed E-state index contributed by atoms with van der Waals surface area (Å²) in [4.78, 5) is 0. The van der Waals surface area contributed by atoms with Crippen LogP contribution in [0.3, 0.4) is 0 Å². The number of ether oxygens (including phenoxy) is 1. The maximum Gasteiger partial charge on any atom is 0.0751 e. The van der Waals surface area contributed by atoms with Crippen LogP contribution in [0.2, 0.25) is 0 Å². The minimum atomic E-state index is 0.201. The van der Waals surface area contributed by atoms with E-state index < -0.39 is 0 Å². The number of hydrogen-bond donors (Lipinski definition) is 1. The van der Waals surface area contributed by atoms with Crippen LogP contribution in [-0.4, -0.2) is 18.8 Å². The second kappa shape index (κ2) is 3.35. The Morgan fingerprint density at radius 1 is 1.60 bits per heavy atom. The summed E-state index contributed by atoms with van der Waals surface area (Å²) in [5.74, 6) is 0.764. The second-order valence-corrected chi connectivity index (χ2v) is 3.12. The van der Waals surface area contributed by atoms with E-state index in [0.29, 0.717) is 6.10 Å². The Labute approximate surface area is 62.7 Å². The first-order valence-electron chi connectivity index (χ1n) is 4.13. The van der Waals surface area contributed by atoms with E-state index in [9.17, 15) is 0 Å². The summed E-state index contributed by atoms with van der Waals surface area (Å²) in [7, 11) is 0. The lowest BCUT2D eigenvalue weighted by atomic mass is 10.1. The lowest BCUT2D eigenvalue weighted by molar-refractivity contribution is 0.0328. The molecule has 2 atom stereocenters. The fourth-order valence-electron chi connectivity index (χ4n) is 1.33. The molecular formula is C8H17NO. The predicted octanol–water partition coefficient (Wildman–Crippen LogP) is 1.15. The van der Waals surface area contributed by atoms with Crippen LogP contribution in [-0.2, 0) is 4.74 Å². The van der Waals surface area contributed by atoms with Crippen molar-refractivity contribution in [3.63, 3.8) is 0 Å². The highest BCUT2D eigenvalue weighted by molar-refractivity contribution is 4.86. The molecule has 0 radical (unpaired) electrons. The molecule has 2 nitrogen and oxygen atoms in total. The third-order valence-corrected chi connectivity index (χ3v) is 1.96. The average molecular weight is 143 g/mol. The molecule has 1 rings (SSSR count). The summed E-state index contributed by atoms with van der Waals surface area (Å²) in [6.45, 7) is 4.85. The van der Waals surface area contributed by atoms with E-state index in [0.717, 1.165) is 12.5 Å². The van der Waals surface area contributed by atoms with Crippen LogP contribution in [0.1, 0.15) is 26.7 Å². The largest absolute Gasteiger partial charge is 0.377 e. The van der Waals surface area contributed by atoms with Crippen molar-refractivity contribution >= 4 is 0 Å². The fraction of sp³-hybridized carbons (Fsp3) is 1.00. The minimum absolute atomic E-state index is 0.201. The highest BCUT2D eigenvalue weighted by atomic mass is 16.5. The van der Waals surface area contributed by atoms with E-state index in [4.69, 9.17) is 10.5 Å². The van der Waals surface area contributed by atoms with Crippen LogP contribution in [0, 0.1) is 5.92 Å². The maximum absolute atomic E-state index is 5.74. The van der Waals surface area contributed by atoms with Crippen molar-refractivity contribution in [2.75, 3.05) is 6.61 Å². The Kier molecular flexibility index (Phi) is 2.69. The lowest BCUT2D eigenvalue weighted by Crippen LogP contribution is -2.35. The fourth-order valence-corrected chi connectivity index (χ4v) is 1.33. The van der Waals surface area contributed by atoms with Gasteiger partial charge >= 0.3 is 0 Å². The normalized spacial score (nSPS) is 24.3. The van der Waals surface area contributed by atoms with Crippen LogP contribution in [0.15, 0.2) is 0 Å². The van der Waals surface area contributed by atoms with Gasteiger partial charge in [0.2, 0.25) is 0 Å². The molecule has 0 aromatic rings. The smallest absolute Gasteiger partial charge is 0.0751 e. The van der Waals surface area contributed by atoms with Crippen LogP contribution in [0.5, 0.6) is 0 Å². The first-order valence-corrected chi connectivity index (χ1v) is 4.13. The molecule has 60 valence electrons. The Morgan fingerprint density at radius 2 is 2.20 bits per heavy atom. The molecule has 0 heterocycles. The molecule has 0 bridgehead atoms. The van der Waals surface area contributed by atoms with Crippen LogP contribution >= 0.6 is 0 Å². The zero-order valence-electron chi connectivity index (χ0n) is 6.84. The maximum atomic E-state index is 5.74. The first kappa shape index (κ1) is 8.02. The molecule has 1 aliphatic rings. The molecule has 0 aromatic heterocycles. The van der Waals surface area contributed by atoms with Crippen molar-refractivity contribution < 1.29 is 4.74 Å². The van der Waals surface area contributed by atoms with Crippen molar-refractivity contribution in [2.45, 2.75) is 38.8 Å². The molecule has 1 saturated carbocycles. The van der Waals surface area contributed by atoms with Crippen molar-refractivity contribution in [1.82, 2.24) is 0 Å². The van der Waals surface area contributed by atoms with Gasteiger partial charge in [-0.2, -0.15) is 0 Å². The van der Waals surface area contributed by atoms with Crippen molar-refractivity contribution in [3.05, 3.63) is 0 Å². The topological polar surface area (TPSA) is 35.2 Å². The lowest BCUT2D eigenvalue weighted by Gasteiger charge is -2.19. The van der Waals surface area contributed by atoms with Crippen LogP contribution in [0.4, 0.5) is 0 Å². The SMILES string of the molecule is CCOC(C(C)N)C1CC1. The van der Waals surface area contributed by atoms with E-state index in [2.05, 4.69) is 0 Å². The Balaban J connectivity index is 2.26. The monoisotopic (exact) mass is 143 g/mol. The number of hydrogen-bond acceptors (Lipinski definition) is 2. The molecule has 0 saturated heterocycles. The van der Waals surface area contributed by atoms with Gasteiger partial charge in [0.05, 0.1) is 6.10 Å². The molecular weight excluding hydrogens is 126 g/mol. The van der Waals surface area contributed by atoms with Crippen molar-refractivity contribution in [1.29, 1.82) is 0 Å². The molecule has 2 unspecified atom stereocenters. The quantitative estimate of drug-likeness (QED) is 0.640. The van der Waals surface area contributed by atoms with Gasteiger partial charge in [-0.3, -0.25) is 0 Å². The van der Waals surface area contributed by atoms with Crippen molar-refractivity contribution in [3.8, 4) is 0 Å². The van der Waals surface area contributed by atoms with Gasteiger partial charge in [-0.05, 0) is 32.6 Å². The summed E-state index contributed by atoms with van der Waals surface area (Å²) in [5.41, 5.74) is 5.74. The Hall–Kier alpha value is -0.0800. The van der Waals surface area contributed by atoms with Gasteiger partial charge in [0, 0.05) is 12.6 Å². The zero-order valence-corrected chi connectivity index (χ0v) is 6.84. The summed E-state index contributed by atoms with van der Waals surface area (Å²) in [5, 5.41) is 0. The number of nitrogens with two attached hydrogens (primary N) is 1. The standard InChI is InChI=1S/C8H17NO/c1-3-10-8(6(2)9)7-4-5-7/h6-8H,3-5,9H2,1-2H3. The van der Waals surface area contributed by atoms with Gasteiger partial charge < -0.3 is 10.5 Å². The van der Waals surface area contributed by atoms with E-state index in [-0.39, 0.29) is 6.04 Å². The minimum Gasteiger partial charge on any atom is -0.377 e. The van der Waals surface area contributed by atoms with Gasteiger partial charge in [-0.25, -0.2) is 0 Å². The van der Waals surface area contributed by atoms with Gasteiger partial charge in [0.1, 0.15) is 0 Å². The average Bonchev–Trinajstić information content (AvgIpc) is 2.63. The molecule has 0 aromatic carbocycles. The van der Waals surface area contributed by atoms with E-state index in [1.807, 2.05) is 13.8 Å². The van der Waals surface area contributed by atoms with Gasteiger partial charge in [-0.15, -0.1) is 0 Å². The molecule has 2 heteroatoms. The second-order valence-electron chi connectivity index (χ2n) is 3.12. The molecule has 1 fully saturated rings. The highest BCUT2D eigenvalue weighted by Gasteiger charge is 2.33. The summed E-state index contributed by atoms with van der Waals surface area (Å²) < 4.78 is 5.50. The Morgan fingerprint density at radius 3 is 2.50 bits per heavy atom. The predicted molar refractivity (Wildman–Crippen MR) is 41.8 cm³/mol.